The first kappa shape index (κ1) is 19.1. The molecule has 2 atom stereocenters. The van der Waals surface area contributed by atoms with Crippen LogP contribution in [0.1, 0.15) is 35.3 Å². The molecular formula is C22H24N2O3. The number of carbonyl (C=O) groups excluding carboxylic acids is 1. The first-order valence-electron chi connectivity index (χ1n) is 9.04. The van der Waals surface area contributed by atoms with Gasteiger partial charge in [0.2, 0.25) is 0 Å². The van der Waals surface area contributed by atoms with E-state index in [1.54, 1.807) is 44.4 Å². The van der Waals surface area contributed by atoms with Gasteiger partial charge >= 0.3 is 0 Å². The van der Waals surface area contributed by atoms with Crippen molar-refractivity contribution >= 4 is 5.91 Å². The summed E-state index contributed by atoms with van der Waals surface area (Å²) in [6, 6.07) is 11.1. The quantitative estimate of drug-likeness (QED) is 0.816. The van der Waals surface area contributed by atoms with Crippen molar-refractivity contribution in [3.63, 3.8) is 0 Å². The number of rotatable bonds is 4. The Hall–Kier alpha value is -2.68. The van der Waals surface area contributed by atoms with Gasteiger partial charge in [0.1, 0.15) is 5.60 Å². The molecule has 140 valence electrons. The van der Waals surface area contributed by atoms with Crippen molar-refractivity contribution in [2.75, 3.05) is 13.2 Å². The molecule has 0 saturated carbocycles. The fourth-order valence-electron chi connectivity index (χ4n) is 3.00. The first-order valence-corrected chi connectivity index (χ1v) is 9.04. The lowest BCUT2D eigenvalue weighted by Gasteiger charge is -2.19. The second kappa shape index (κ2) is 8.34. The van der Waals surface area contributed by atoms with Crippen LogP contribution in [-0.4, -0.2) is 40.9 Å². The molecule has 27 heavy (non-hydrogen) atoms. The molecule has 5 heteroatoms. The molecule has 0 spiro atoms. The Morgan fingerprint density at radius 3 is 2.81 bits per heavy atom. The van der Waals surface area contributed by atoms with Gasteiger partial charge in [-0.25, -0.2) is 0 Å². The maximum Gasteiger partial charge on any atom is 0.251 e. The molecule has 0 unspecified atom stereocenters. The molecule has 5 nitrogen and oxygen atoms in total. The molecule has 0 bridgehead atoms. The number of nitrogens with zero attached hydrogens (tertiary/aromatic N) is 1. The lowest BCUT2D eigenvalue weighted by molar-refractivity contribution is 0.0925. The molecule has 1 aromatic carbocycles. The monoisotopic (exact) mass is 364 g/mol. The normalized spacial score (nSPS) is 19.2. The SMILES string of the molecule is CC(C)(O)C#Cc1cccc(C(=O)N[C@H]2COC[C@H]2Cc2ccncc2)c1. The Morgan fingerprint density at radius 2 is 2.07 bits per heavy atom. The number of aromatic nitrogens is 1. The average Bonchev–Trinajstić information content (AvgIpc) is 3.07. The molecule has 1 amide bonds. The highest BCUT2D eigenvalue weighted by atomic mass is 16.5. The van der Waals surface area contributed by atoms with E-state index in [9.17, 15) is 9.90 Å². The molecule has 1 aromatic heterocycles. The Balaban J connectivity index is 1.66. The van der Waals surface area contributed by atoms with Crippen LogP contribution in [0.3, 0.4) is 0 Å². The summed E-state index contributed by atoms with van der Waals surface area (Å²) in [5, 5.41) is 12.8. The van der Waals surface area contributed by atoms with Gasteiger partial charge < -0.3 is 15.2 Å². The molecule has 1 aliphatic rings. The van der Waals surface area contributed by atoms with E-state index in [1.807, 2.05) is 18.2 Å². The molecule has 2 heterocycles. The Labute approximate surface area is 159 Å². The van der Waals surface area contributed by atoms with Crippen LogP contribution >= 0.6 is 0 Å². The zero-order valence-corrected chi connectivity index (χ0v) is 15.6. The summed E-state index contributed by atoms with van der Waals surface area (Å²) in [5.41, 5.74) is 1.36. The van der Waals surface area contributed by atoms with Crippen LogP contribution in [0.15, 0.2) is 48.8 Å². The third kappa shape index (κ3) is 5.65. The Kier molecular flexibility index (Phi) is 5.90. The van der Waals surface area contributed by atoms with Crippen molar-refractivity contribution in [1.29, 1.82) is 0 Å². The lowest BCUT2D eigenvalue weighted by Crippen LogP contribution is -2.40. The zero-order valence-electron chi connectivity index (χ0n) is 15.6. The third-order valence-corrected chi connectivity index (χ3v) is 4.40. The molecule has 1 fully saturated rings. The van der Waals surface area contributed by atoms with Crippen LogP contribution in [0.25, 0.3) is 0 Å². The van der Waals surface area contributed by atoms with E-state index in [2.05, 4.69) is 22.1 Å². The standard InChI is InChI=1S/C22H24N2O3/c1-22(2,26)9-6-16-4-3-5-18(12-16)21(25)24-20-15-27-14-19(20)13-17-7-10-23-11-8-17/h3-5,7-8,10-12,19-20,26H,13-15H2,1-2H3,(H,24,25)/t19-,20+/m1/s1. The van der Waals surface area contributed by atoms with Crippen LogP contribution < -0.4 is 5.32 Å². The minimum absolute atomic E-state index is 0.0308. The number of nitrogens with one attached hydrogen (secondary N) is 1. The van der Waals surface area contributed by atoms with Crippen molar-refractivity contribution in [3.8, 4) is 11.8 Å². The molecule has 0 radical (unpaired) electrons. The topological polar surface area (TPSA) is 71.5 Å². The maximum atomic E-state index is 12.7. The van der Waals surface area contributed by atoms with Crippen LogP contribution in [0.5, 0.6) is 0 Å². The van der Waals surface area contributed by atoms with E-state index < -0.39 is 5.60 Å². The van der Waals surface area contributed by atoms with E-state index in [4.69, 9.17) is 4.74 Å². The van der Waals surface area contributed by atoms with Crippen molar-refractivity contribution < 1.29 is 14.6 Å². The summed E-state index contributed by atoms with van der Waals surface area (Å²) in [4.78, 5) is 16.7. The summed E-state index contributed by atoms with van der Waals surface area (Å²) in [6.45, 7) is 4.39. The molecule has 0 aliphatic carbocycles. The highest BCUT2D eigenvalue weighted by Gasteiger charge is 2.29. The van der Waals surface area contributed by atoms with Gasteiger partial charge in [0, 0.05) is 29.4 Å². The highest BCUT2D eigenvalue weighted by molar-refractivity contribution is 5.94. The molecular weight excluding hydrogens is 340 g/mol. The smallest absolute Gasteiger partial charge is 0.251 e. The predicted octanol–water partition coefficient (Wildman–Crippen LogP) is 2.19. The van der Waals surface area contributed by atoms with Crippen LogP contribution in [0.4, 0.5) is 0 Å². The lowest BCUT2D eigenvalue weighted by atomic mass is 9.95. The van der Waals surface area contributed by atoms with Gasteiger partial charge in [-0.2, -0.15) is 0 Å². The maximum absolute atomic E-state index is 12.7. The van der Waals surface area contributed by atoms with Gasteiger partial charge in [0.25, 0.3) is 5.91 Å². The van der Waals surface area contributed by atoms with Crippen molar-refractivity contribution in [2.24, 2.45) is 5.92 Å². The summed E-state index contributed by atoms with van der Waals surface area (Å²) < 4.78 is 5.60. The molecule has 3 rings (SSSR count). The zero-order chi connectivity index (χ0) is 19.3. The van der Waals surface area contributed by atoms with Gasteiger partial charge in [0.15, 0.2) is 0 Å². The van der Waals surface area contributed by atoms with E-state index in [-0.39, 0.29) is 17.9 Å². The molecule has 2 N–H and O–H groups in total. The van der Waals surface area contributed by atoms with Gasteiger partial charge in [-0.05, 0) is 56.2 Å². The van der Waals surface area contributed by atoms with E-state index in [0.717, 1.165) is 6.42 Å². The number of hydrogen-bond donors (Lipinski definition) is 2. The number of aliphatic hydroxyl groups is 1. The number of benzene rings is 1. The minimum atomic E-state index is -1.07. The molecule has 1 aliphatic heterocycles. The fourth-order valence-corrected chi connectivity index (χ4v) is 3.00. The van der Waals surface area contributed by atoms with Crippen molar-refractivity contribution in [3.05, 3.63) is 65.5 Å². The van der Waals surface area contributed by atoms with Crippen LogP contribution in [0.2, 0.25) is 0 Å². The van der Waals surface area contributed by atoms with Gasteiger partial charge in [-0.1, -0.05) is 17.9 Å². The van der Waals surface area contributed by atoms with E-state index in [0.29, 0.717) is 24.3 Å². The Morgan fingerprint density at radius 1 is 1.30 bits per heavy atom. The minimum Gasteiger partial charge on any atom is -0.379 e. The number of hydrogen-bond acceptors (Lipinski definition) is 4. The summed E-state index contributed by atoms with van der Waals surface area (Å²) in [7, 11) is 0. The number of ether oxygens (including phenoxy) is 1. The fraction of sp³-hybridized carbons (Fsp3) is 0.364. The highest BCUT2D eigenvalue weighted by Crippen LogP contribution is 2.19. The summed E-state index contributed by atoms with van der Waals surface area (Å²) >= 11 is 0. The number of pyridine rings is 1. The first-order chi connectivity index (χ1) is 12.9. The largest absolute Gasteiger partial charge is 0.379 e. The Bertz CT molecular complexity index is 847. The average molecular weight is 364 g/mol. The predicted molar refractivity (Wildman–Crippen MR) is 103 cm³/mol. The third-order valence-electron chi connectivity index (χ3n) is 4.40. The van der Waals surface area contributed by atoms with Crippen LogP contribution in [0, 0.1) is 17.8 Å². The molecule has 1 saturated heterocycles. The number of amides is 1. The number of carbonyl (C=O) groups is 1. The second-order valence-corrected chi connectivity index (χ2v) is 7.33. The van der Waals surface area contributed by atoms with E-state index in [1.165, 1.54) is 5.56 Å². The summed E-state index contributed by atoms with van der Waals surface area (Å²) in [6.07, 6.45) is 4.39. The van der Waals surface area contributed by atoms with E-state index >= 15 is 0 Å². The van der Waals surface area contributed by atoms with Crippen LogP contribution in [-0.2, 0) is 11.2 Å². The molecule has 2 aromatic rings. The summed E-state index contributed by atoms with van der Waals surface area (Å²) in [5.74, 6) is 5.75. The van der Waals surface area contributed by atoms with Crippen molar-refractivity contribution in [1.82, 2.24) is 10.3 Å². The van der Waals surface area contributed by atoms with Gasteiger partial charge in [-0.15, -0.1) is 0 Å². The second-order valence-electron chi connectivity index (χ2n) is 7.33. The van der Waals surface area contributed by atoms with Crippen molar-refractivity contribution in [2.45, 2.75) is 31.9 Å². The van der Waals surface area contributed by atoms with Gasteiger partial charge in [-0.3, -0.25) is 9.78 Å². The van der Waals surface area contributed by atoms with Gasteiger partial charge in [0.05, 0.1) is 19.3 Å².